The van der Waals surface area contributed by atoms with Crippen molar-refractivity contribution in [1.82, 2.24) is 0 Å². The van der Waals surface area contributed by atoms with Crippen LogP contribution in [-0.4, -0.2) is 22.0 Å². The number of aromatic carboxylic acids is 1. The summed E-state index contributed by atoms with van der Waals surface area (Å²) in [4.78, 5) is 23.8. The Morgan fingerprint density at radius 3 is 2.19 bits per heavy atom. The van der Waals surface area contributed by atoms with Crippen molar-refractivity contribution in [3.8, 4) is 5.75 Å². The molecule has 0 atom stereocenters. The van der Waals surface area contributed by atoms with Crippen molar-refractivity contribution in [3.63, 3.8) is 0 Å². The van der Waals surface area contributed by atoms with Crippen molar-refractivity contribution in [2.45, 2.75) is 6.54 Å². The summed E-state index contributed by atoms with van der Waals surface area (Å²) in [6, 6.07) is 20.6. The first-order valence-electron chi connectivity index (χ1n) is 8.04. The molecule has 0 spiro atoms. The fourth-order valence-electron chi connectivity index (χ4n) is 2.68. The lowest BCUT2D eigenvalue weighted by molar-refractivity contribution is 0.0693. The van der Waals surface area contributed by atoms with Crippen LogP contribution in [0.3, 0.4) is 0 Å². The molecule has 0 fully saturated rings. The second kappa shape index (κ2) is 7.53. The van der Waals surface area contributed by atoms with E-state index >= 15 is 0 Å². The van der Waals surface area contributed by atoms with Gasteiger partial charge >= 0.3 is 5.97 Å². The number of carboxylic acid groups (broad SMARTS) is 1. The van der Waals surface area contributed by atoms with E-state index in [1.165, 1.54) is 6.07 Å². The number of rotatable bonds is 6. The number of anilines is 1. The van der Waals surface area contributed by atoms with E-state index in [2.05, 4.69) is 5.32 Å². The fraction of sp³-hybridized carbons (Fsp3) is 0.0476. The van der Waals surface area contributed by atoms with Crippen molar-refractivity contribution in [2.75, 3.05) is 5.32 Å². The molecular weight excluding hydrogens is 330 g/mol. The number of carbonyl (C=O) groups is 2. The molecule has 0 aromatic heterocycles. The van der Waals surface area contributed by atoms with Crippen LogP contribution in [0.1, 0.15) is 31.8 Å². The van der Waals surface area contributed by atoms with E-state index in [0.717, 1.165) is 0 Å². The van der Waals surface area contributed by atoms with Crippen molar-refractivity contribution >= 4 is 17.4 Å². The highest BCUT2D eigenvalue weighted by molar-refractivity contribution is 6.12. The number of aromatic hydroxyl groups is 1. The van der Waals surface area contributed by atoms with Gasteiger partial charge in [-0.1, -0.05) is 54.6 Å². The van der Waals surface area contributed by atoms with Gasteiger partial charge < -0.3 is 15.5 Å². The molecule has 3 rings (SSSR count). The van der Waals surface area contributed by atoms with Gasteiger partial charge in [0.2, 0.25) is 0 Å². The number of hydrogen-bond donors (Lipinski definition) is 3. The lowest BCUT2D eigenvalue weighted by Crippen LogP contribution is -2.08. The van der Waals surface area contributed by atoms with Gasteiger partial charge in [0.25, 0.3) is 0 Å². The molecule has 0 bridgehead atoms. The second-order valence-corrected chi connectivity index (χ2v) is 5.71. The molecule has 3 N–H and O–H groups in total. The van der Waals surface area contributed by atoms with Gasteiger partial charge in [-0.2, -0.15) is 0 Å². The zero-order valence-corrected chi connectivity index (χ0v) is 13.8. The van der Waals surface area contributed by atoms with Crippen LogP contribution < -0.4 is 5.32 Å². The van der Waals surface area contributed by atoms with E-state index in [1.54, 1.807) is 60.7 Å². The Bertz CT molecular complexity index is 951. The van der Waals surface area contributed by atoms with Gasteiger partial charge in [-0.05, 0) is 18.2 Å². The van der Waals surface area contributed by atoms with Crippen LogP contribution in [0.2, 0.25) is 0 Å². The Balaban J connectivity index is 1.85. The second-order valence-electron chi connectivity index (χ2n) is 5.71. The number of carboxylic acids is 1. The molecule has 0 aliphatic heterocycles. The van der Waals surface area contributed by atoms with Crippen LogP contribution in [0.4, 0.5) is 5.69 Å². The van der Waals surface area contributed by atoms with E-state index in [0.29, 0.717) is 22.4 Å². The maximum absolute atomic E-state index is 12.7. The Morgan fingerprint density at radius 1 is 0.808 bits per heavy atom. The standard InChI is InChI=1S/C21H17NO4/c23-19(14-7-2-1-3-8-14)16-10-4-5-12-18(16)22-13-15-9-6-11-17(20(15)24)21(25)26/h1-12,22,24H,13H2,(H,25,26). The molecule has 26 heavy (non-hydrogen) atoms. The molecular formula is C21H17NO4. The summed E-state index contributed by atoms with van der Waals surface area (Å²) in [5.74, 6) is -1.58. The first-order chi connectivity index (χ1) is 12.6. The van der Waals surface area contributed by atoms with E-state index in [1.807, 2.05) is 6.07 Å². The van der Waals surface area contributed by atoms with Gasteiger partial charge in [0.15, 0.2) is 5.78 Å². The highest BCUT2D eigenvalue weighted by Gasteiger charge is 2.15. The lowest BCUT2D eigenvalue weighted by Gasteiger charge is -2.13. The monoisotopic (exact) mass is 347 g/mol. The van der Waals surface area contributed by atoms with Crippen LogP contribution >= 0.6 is 0 Å². The number of para-hydroxylation sites is 2. The van der Waals surface area contributed by atoms with Gasteiger partial charge in [-0.15, -0.1) is 0 Å². The average Bonchev–Trinajstić information content (AvgIpc) is 2.67. The molecule has 0 aliphatic rings. The molecule has 5 heteroatoms. The van der Waals surface area contributed by atoms with E-state index in [-0.39, 0.29) is 23.6 Å². The highest BCUT2D eigenvalue weighted by Crippen LogP contribution is 2.25. The third-order valence-corrected chi connectivity index (χ3v) is 4.03. The molecule has 3 aromatic carbocycles. The van der Waals surface area contributed by atoms with Gasteiger partial charge in [0, 0.05) is 28.9 Å². The molecule has 0 amide bonds. The normalized spacial score (nSPS) is 10.3. The van der Waals surface area contributed by atoms with E-state index in [9.17, 15) is 14.7 Å². The Labute approximate surface area is 150 Å². The molecule has 5 nitrogen and oxygen atoms in total. The first kappa shape index (κ1) is 17.2. The molecule has 3 aromatic rings. The van der Waals surface area contributed by atoms with Crippen molar-refractivity contribution in [1.29, 1.82) is 0 Å². The van der Waals surface area contributed by atoms with Gasteiger partial charge in [0.1, 0.15) is 11.3 Å². The quantitative estimate of drug-likeness (QED) is 0.588. The summed E-state index contributed by atoms with van der Waals surface area (Å²) >= 11 is 0. The van der Waals surface area contributed by atoms with Crippen molar-refractivity contribution < 1.29 is 19.8 Å². The number of phenols is 1. The summed E-state index contributed by atoms with van der Waals surface area (Å²) < 4.78 is 0. The SMILES string of the molecule is O=C(c1ccccc1)c1ccccc1NCc1cccc(C(=O)O)c1O. The summed E-state index contributed by atoms with van der Waals surface area (Å²) in [7, 11) is 0. The lowest BCUT2D eigenvalue weighted by atomic mass is 10.0. The molecule has 0 aliphatic carbocycles. The Hall–Kier alpha value is -3.60. The summed E-state index contributed by atoms with van der Waals surface area (Å²) in [6.45, 7) is 0.187. The third kappa shape index (κ3) is 3.57. The number of hydrogen-bond acceptors (Lipinski definition) is 4. The van der Waals surface area contributed by atoms with Crippen LogP contribution in [0.5, 0.6) is 5.75 Å². The van der Waals surface area contributed by atoms with Crippen LogP contribution in [0.15, 0.2) is 72.8 Å². The first-order valence-corrected chi connectivity index (χ1v) is 8.04. The topological polar surface area (TPSA) is 86.6 Å². The van der Waals surface area contributed by atoms with Crippen LogP contribution in [0, 0.1) is 0 Å². The number of ketones is 1. The Kier molecular flexibility index (Phi) is 4.99. The zero-order valence-electron chi connectivity index (χ0n) is 13.8. The maximum atomic E-state index is 12.7. The van der Waals surface area contributed by atoms with Crippen molar-refractivity contribution in [3.05, 3.63) is 95.1 Å². The minimum absolute atomic E-state index is 0.114. The smallest absolute Gasteiger partial charge is 0.339 e. The van der Waals surface area contributed by atoms with E-state index < -0.39 is 5.97 Å². The highest BCUT2D eigenvalue weighted by atomic mass is 16.4. The predicted molar refractivity (Wildman–Crippen MR) is 98.7 cm³/mol. The molecule has 0 heterocycles. The number of nitrogens with one attached hydrogen (secondary N) is 1. The minimum atomic E-state index is -1.19. The minimum Gasteiger partial charge on any atom is -0.507 e. The maximum Gasteiger partial charge on any atom is 0.339 e. The van der Waals surface area contributed by atoms with Crippen molar-refractivity contribution in [2.24, 2.45) is 0 Å². The summed E-state index contributed by atoms with van der Waals surface area (Å²) in [5, 5.41) is 22.3. The average molecular weight is 347 g/mol. The fourth-order valence-corrected chi connectivity index (χ4v) is 2.68. The van der Waals surface area contributed by atoms with Crippen LogP contribution in [-0.2, 0) is 6.54 Å². The number of benzene rings is 3. The molecule has 0 unspecified atom stereocenters. The molecule has 0 saturated heterocycles. The largest absolute Gasteiger partial charge is 0.507 e. The molecule has 0 radical (unpaired) electrons. The summed E-state index contributed by atoms with van der Waals surface area (Å²) in [6.07, 6.45) is 0. The predicted octanol–water partition coefficient (Wildman–Crippen LogP) is 3.93. The Morgan fingerprint density at radius 2 is 1.46 bits per heavy atom. The molecule has 130 valence electrons. The van der Waals surface area contributed by atoms with Gasteiger partial charge in [-0.25, -0.2) is 4.79 Å². The van der Waals surface area contributed by atoms with E-state index in [4.69, 9.17) is 5.11 Å². The van der Waals surface area contributed by atoms with Gasteiger partial charge in [-0.3, -0.25) is 4.79 Å². The van der Waals surface area contributed by atoms with Crippen LogP contribution in [0.25, 0.3) is 0 Å². The number of carbonyl (C=O) groups excluding carboxylic acids is 1. The third-order valence-electron chi connectivity index (χ3n) is 4.03. The molecule has 0 saturated carbocycles. The summed E-state index contributed by atoms with van der Waals surface area (Å²) in [5.41, 5.74) is 1.98. The zero-order chi connectivity index (χ0) is 18.5. The van der Waals surface area contributed by atoms with Gasteiger partial charge in [0.05, 0.1) is 0 Å².